The summed E-state index contributed by atoms with van der Waals surface area (Å²) in [7, 11) is 0. The van der Waals surface area contributed by atoms with Crippen LogP contribution in [0.15, 0.2) is 18.2 Å². The molecule has 2 rings (SSSR count). The summed E-state index contributed by atoms with van der Waals surface area (Å²) in [5, 5.41) is 14.0. The molecular weight excluding hydrogens is 246 g/mol. The Morgan fingerprint density at radius 1 is 1.47 bits per heavy atom. The van der Waals surface area contributed by atoms with E-state index < -0.39 is 4.92 Å². The van der Waals surface area contributed by atoms with Gasteiger partial charge in [-0.15, -0.1) is 0 Å². The molecular formula is C13H17N3O3. The van der Waals surface area contributed by atoms with E-state index in [2.05, 4.69) is 5.32 Å². The Morgan fingerprint density at radius 3 is 2.84 bits per heavy atom. The molecule has 1 fully saturated rings. The van der Waals surface area contributed by atoms with Gasteiger partial charge in [0, 0.05) is 43.4 Å². The van der Waals surface area contributed by atoms with Gasteiger partial charge in [0.05, 0.1) is 4.92 Å². The van der Waals surface area contributed by atoms with E-state index in [0.717, 1.165) is 18.7 Å². The maximum atomic E-state index is 12.4. The Kier molecular flexibility index (Phi) is 3.80. The molecule has 1 amide bonds. The summed E-state index contributed by atoms with van der Waals surface area (Å²) in [4.78, 5) is 24.5. The zero-order valence-electron chi connectivity index (χ0n) is 11.0. The molecule has 6 nitrogen and oxygen atoms in total. The third-order valence-electron chi connectivity index (χ3n) is 3.28. The molecule has 1 heterocycles. The lowest BCUT2D eigenvalue weighted by Crippen LogP contribution is -2.52. The quantitative estimate of drug-likeness (QED) is 0.645. The lowest BCUT2D eigenvalue weighted by molar-refractivity contribution is -0.384. The highest BCUT2D eigenvalue weighted by molar-refractivity contribution is 5.95. The topological polar surface area (TPSA) is 75.5 Å². The predicted molar refractivity (Wildman–Crippen MR) is 71.2 cm³/mol. The Morgan fingerprint density at radius 2 is 2.21 bits per heavy atom. The van der Waals surface area contributed by atoms with Crippen molar-refractivity contribution in [3.63, 3.8) is 0 Å². The van der Waals surface area contributed by atoms with Gasteiger partial charge in [-0.2, -0.15) is 0 Å². The molecule has 0 spiro atoms. The number of piperazine rings is 1. The number of hydrogen-bond acceptors (Lipinski definition) is 4. The zero-order chi connectivity index (χ0) is 14.0. The number of nitrogens with one attached hydrogen (secondary N) is 1. The average molecular weight is 263 g/mol. The number of nitrogens with zero attached hydrogens (tertiary/aromatic N) is 2. The number of non-ortho nitro benzene ring substituents is 1. The van der Waals surface area contributed by atoms with Crippen LogP contribution in [0.5, 0.6) is 0 Å². The minimum Gasteiger partial charge on any atom is -0.333 e. The second-order valence-corrected chi connectivity index (χ2v) is 4.87. The van der Waals surface area contributed by atoms with Crippen LogP contribution in [0.1, 0.15) is 22.8 Å². The SMILES string of the molecule is Cc1cc(C(=O)N2CCNCC2C)cc([N+](=O)[O-])c1. The smallest absolute Gasteiger partial charge is 0.270 e. The van der Waals surface area contributed by atoms with Gasteiger partial charge in [-0.1, -0.05) is 0 Å². The van der Waals surface area contributed by atoms with Gasteiger partial charge in [0.15, 0.2) is 0 Å². The van der Waals surface area contributed by atoms with Crippen LogP contribution in [0.2, 0.25) is 0 Å². The number of benzene rings is 1. The lowest BCUT2D eigenvalue weighted by Gasteiger charge is -2.34. The molecule has 1 aromatic rings. The van der Waals surface area contributed by atoms with Crippen molar-refractivity contribution in [2.24, 2.45) is 0 Å². The predicted octanol–water partition coefficient (Wildman–Crippen LogP) is 1.34. The van der Waals surface area contributed by atoms with E-state index in [9.17, 15) is 14.9 Å². The van der Waals surface area contributed by atoms with Crippen LogP contribution < -0.4 is 5.32 Å². The maximum Gasteiger partial charge on any atom is 0.270 e. The van der Waals surface area contributed by atoms with E-state index >= 15 is 0 Å². The second-order valence-electron chi connectivity index (χ2n) is 4.87. The summed E-state index contributed by atoms with van der Waals surface area (Å²) in [5.74, 6) is -0.138. The molecule has 1 N–H and O–H groups in total. The van der Waals surface area contributed by atoms with Crippen LogP contribution >= 0.6 is 0 Å². The van der Waals surface area contributed by atoms with Gasteiger partial charge in [0.2, 0.25) is 0 Å². The Labute approximate surface area is 111 Å². The summed E-state index contributed by atoms with van der Waals surface area (Å²) in [6.45, 7) is 5.85. The Balaban J connectivity index is 2.30. The molecule has 1 atom stereocenters. The van der Waals surface area contributed by atoms with E-state index in [4.69, 9.17) is 0 Å². The highest BCUT2D eigenvalue weighted by atomic mass is 16.6. The second kappa shape index (κ2) is 5.36. The molecule has 1 aliphatic rings. The van der Waals surface area contributed by atoms with Crippen molar-refractivity contribution in [3.05, 3.63) is 39.4 Å². The van der Waals surface area contributed by atoms with E-state index in [0.29, 0.717) is 12.1 Å². The first-order valence-corrected chi connectivity index (χ1v) is 6.27. The fourth-order valence-electron chi connectivity index (χ4n) is 2.30. The Bertz CT molecular complexity index is 516. The highest BCUT2D eigenvalue weighted by Crippen LogP contribution is 2.19. The monoisotopic (exact) mass is 263 g/mol. The number of hydrogen-bond donors (Lipinski definition) is 1. The summed E-state index contributed by atoms with van der Waals surface area (Å²) < 4.78 is 0. The highest BCUT2D eigenvalue weighted by Gasteiger charge is 2.25. The summed E-state index contributed by atoms with van der Waals surface area (Å²) in [6, 6.07) is 4.62. The van der Waals surface area contributed by atoms with Gasteiger partial charge in [-0.25, -0.2) is 0 Å². The van der Waals surface area contributed by atoms with Gasteiger partial charge >= 0.3 is 0 Å². The molecule has 1 unspecified atom stereocenters. The van der Waals surface area contributed by atoms with Gasteiger partial charge in [0.1, 0.15) is 0 Å². The molecule has 1 saturated heterocycles. The molecule has 0 saturated carbocycles. The molecule has 0 aliphatic carbocycles. The van der Waals surface area contributed by atoms with E-state index in [1.807, 2.05) is 6.92 Å². The van der Waals surface area contributed by atoms with Crippen LogP contribution in [0.25, 0.3) is 0 Å². The first kappa shape index (κ1) is 13.5. The molecule has 1 aliphatic heterocycles. The molecule has 102 valence electrons. The summed E-state index contributed by atoms with van der Waals surface area (Å²) in [6.07, 6.45) is 0. The Hall–Kier alpha value is -1.95. The van der Waals surface area contributed by atoms with Crippen molar-refractivity contribution < 1.29 is 9.72 Å². The van der Waals surface area contributed by atoms with Crippen molar-refractivity contribution in [1.29, 1.82) is 0 Å². The van der Waals surface area contributed by atoms with Crippen LogP contribution in [0.4, 0.5) is 5.69 Å². The molecule has 0 bridgehead atoms. The van der Waals surface area contributed by atoms with Crippen LogP contribution in [0.3, 0.4) is 0 Å². The number of amides is 1. The van der Waals surface area contributed by atoms with Gasteiger partial charge in [-0.05, 0) is 25.5 Å². The number of aryl methyl sites for hydroxylation is 1. The summed E-state index contributed by atoms with van der Waals surface area (Å²) in [5.41, 5.74) is 1.08. The van der Waals surface area contributed by atoms with Gasteiger partial charge in [0.25, 0.3) is 11.6 Å². The molecule has 19 heavy (non-hydrogen) atoms. The number of nitro groups is 1. The third kappa shape index (κ3) is 2.90. The molecule has 0 aromatic heterocycles. The van der Waals surface area contributed by atoms with Gasteiger partial charge < -0.3 is 10.2 Å². The largest absolute Gasteiger partial charge is 0.333 e. The van der Waals surface area contributed by atoms with E-state index in [-0.39, 0.29) is 17.6 Å². The molecule has 6 heteroatoms. The van der Waals surface area contributed by atoms with Crippen molar-refractivity contribution in [2.75, 3.05) is 19.6 Å². The fourth-order valence-corrected chi connectivity index (χ4v) is 2.30. The number of carbonyl (C=O) groups is 1. The number of nitro benzene ring substituents is 1. The van der Waals surface area contributed by atoms with E-state index in [1.54, 1.807) is 17.9 Å². The van der Waals surface area contributed by atoms with Crippen LogP contribution in [0, 0.1) is 17.0 Å². The third-order valence-corrected chi connectivity index (χ3v) is 3.28. The first-order chi connectivity index (χ1) is 8.99. The normalized spacial score (nSPS) is 19.3. The van der Waals surface area contributed by atoms with Crippen LogP contribution in [-0.4, -0.2) is 41.4 Å². The van der Waals surface area contributed by atoms with E-state index in [1.165, 1.54) is 12.1 Å². The van der Waals surface area contributed by atoms with Crippen molar-refractivity contribution in [1.82, 2.24) is 10.2 Å². The summed E-state index contributed by atoms with van der Waals surface area (Å²) >= 11 is 0. The fraction of sp³-hybridized carbons (Fsp3) is 0.462. The minimum absolute atomic E-state index is 0.0360. The first-order valence-electron chi connectivity index (χ1n) is 6.27. The average Bonchev–Trinajstić information content (AvgIpc) is 2.37. The van der Waals surface area contributed by atoms with Crippen molar-refractivity contribution in [2.45, 2.75) is 19.9 Å². The maximum absolute atomic E-state index is 12.4. The standard InChI is InChI=1S/C13H17N3O3/c1-9-5-11(7-12(6-9)16(18)19)13(17)15-4-3-14-8-10(15)2/h5-7,10,14H,3-4,8H2,1-2H3. The molecule has 1 aromatic carbocycles. The zero-order valence-corrected chi connectivity index (χ0v) is 11.0. The minimum atomic E-state index is -0.467. The lowest BCUT2D eigenvalue weighted by atomic mass is 10.1. The van der Waals surface area contributed by atoms with Crippen LogP contribution in [-0.2, 0) is 0 Å². The van der Waals surface area contributed by atoms with Crippen molar-refractivity contribution in [3.8, 4) is 0 Å². The van der Waals surface area contributed by atoms with Gasteiger partial charge in [-0.3, -0.25) is 14.9 Å². The number of rotatable bonds is 2. The van der Waals surface area contributed by atoms with Crippen molar-refractivity contribution >= 4 is 11.6 Å². The number of carbonyl (C=O) groups excluding carboxylic acids is 1. The molecule has 0 radical (unpaired) electrons.